The van der Waals surface area contributed by atoms with Gasteiger partial charge in [0.25, 0.3) is 10.1 Å². The molecule has 22 heavy (non-hydrogen) atoms. The molecule has 3 rings (SSSR count). The standard InChI is InChI=1S/C15H12N2O3S2/c18-22(19,20)13-7-5-12(6-8-13)17-16-9-11-10-21-15-4-2-1-3-14(11)15/h1-10,17H,(H,18,19,20)/b16-9+. The lowest BCUT2D eigenvalue weighted by Gasteiger charge is -2.01. The Kier molecular flexibility index (Phi) is 3.93. The minimum absolute atomic E-state index is 0.147. The topological polar surface area (TPSA) is 78.8 Å². The molecule has 0 fully saturated rings. The molecule has 1 aromatic heterocycles. The van der Waals surface area contributed by atoms with Gasteiger partial charge in [0.1, 0.15) is 0 Å². The average molecular weight is 332 g/mol. The Morgan fingerprint density at radius 3 is 2.55 bits per heavy atom. The van der Waals surface area contributed by atoms with Gasteiger partial charge in [-0.15, -0.1) is 11.3 Å². The number of nitrogens with zero attached hydrogens (tertiary/aromatic N) is 1. The number of hydrogen-bond acceptors (Lipinski definition) is 5. The fourth-order valence-corrected chi connectivity index (χ4v) is 3.37. The molecule has 0 aliphatic carbocycles. The molecule has 0 unspecified atom stereocenters. The van der Waals surface area contributed by atoms with Gasteiger partial charge >= 0.3 is 0 Å². The van der Waals surface area contributed by atoms with Crippen LogP contribution in [0.5, 0.6) is 0 Å². The van der Waals surface area contributed by atoms with Crippen LogP contribution < -0.4 is 5.43 Å². The van der Waals surface area contributed by atoms with Crippen LogP contribution in [0.1, 0.15) is 5.56 Å². The van der Waals surface area contributed by atoms with E-state index in [1.807, 2.05) is 23.6 Å². The lowest BCUT2D eigenvalue weighted by molar-refractivity contribution is 0.483. The molecule has 1 heterocycles. The number of rotatable bonds is 4. The fraction of sp³-hybridized carbons (Fsp3) is 0. The first-order valence-electron chi connectivity index (χ1n) is 6.37. The predicted octanol–water partition coefficient (Wildman–Crippen LogP) is 3.59. The Morgan fingerprint density at radius 2 is 1.82 bits per heavy atom. The molecule has 0 spiro atoms. The lowest BCUT2D eigenvalue weighted by atomic mass is 10.2. The summed E-state index contributed by atoms with van der Waals surface area (Å²) in [6.07, 6.45) is 1.72. The van der Waals surface area contributed by atoms with E-state index >= 15 is 0 Å². The third-order valence-electron chi connectivity index (χ3n) is 3.06. The molecule has 0 aliphatic rings. The molecule has 0 bridgehead atoms. The summed E-state index contributed by atoms with van der Waals surface area (Å²) in [6.45, 7) is 0. The molecule has 0 atom stereocenters. The first-order valence-corrected chi connectivity index (χ1v) is 8.69. The zero-order chi connectivity index (χ0) is 15.6. The Labute approximate surface area is 131 Å². The normalized spacial score (nSPS) is 12.0. The lowest BCUT2D eigenvalue weighted by Crippen LogP contribution is -1.98. The summed E-state index contributed by atoms with van der Waals surface area (Å²) in [5, 5.41) is 7.31. The number of anilines is 1. The number of hydrogen-bond donors (Lipinski definition) is 2. The third-order valence-corrected chi connectivity index (χ3v) is 4.91. The molecule has 0 saturated carbocycles. The number of hydrazone groups is 1. The van der Waals surface area contributed by atoms with Gasteiger partial charge in [0.05, 0.1) is 16.8 Å². The van der Waals surface area contributed by atoms with Crippen LogP contribution in [0.4, 0.5) is 5.69 Å². The van der Waals surface area contributed by atoms with Crippen molar-refractivity contribution in [3.05, 3.63) is 59.5 Å². The Bertz CT molecular complexity index is 929. The van der Waals surface area contributed by atoms with Gasteiger partial charge in [-0.3, -0.25) is 9.98 Å². The third kappa shape index (κ3) is 3.16. The maximum absolute atomic E-state index is 10.9. The van der Waals surface area contributed by atoms with Crippen molar-refractivity contribution in [2.75, 3.05) is 5.43 Å². The fourth-order valence-electron chi connectivity index (χ4n) is 1.98. The van der Waals surface area contributed by atoms with E-state index in [9.17, 15) is 8.42 Å². The summed E-state index contributed by atoms with van der Waals surface area (Å²) in [5.41, 5.74) is 4.47. The highest BCUT2D eigenvalue weighted by Crippen LogP contribution is 2.24. The number of thiophene rings is 1. The summed E-state index contributed by atoms with van der Waals surface area (Å²) < 4.78 is 32.0. The van der Waals surface area contributed by atoms with E-state index in [0.717, 1.165) is 10.9 Å². The van der Waals surface area contributed by atoms with Crippen LogP contribution >= 0.6 is 11.3 Å². The maximum atomic E-state index is 10.9. The van der Waals surface area contributed by atoms with Gasteiger partial charge in [0, 0.05) is 21.0 Å². The first-order chi connectivity index (χ1) is 10.5. The average Bonchev–Trinajstić information content (AvgIpc) is 2.90. The molecule has 0 radical (unpaired) electrons. The van der Waals surface area contributed by atoms with Crippen LogP contribution in [0, 0.1) is 0 Å². The van der Waals surface area contributed by atoms with E-state index < -0.39 is 10.1 Å². The quantitative estimate of drug-likeness (QED) is 0.435. The van der Waals surface area contributed by atoms with Crippen molar-refractivity contribution in [1.82, 2.24) is 0 Å². The van der Waals surface area contributed by atoms with Crippen LogP contribution in [-0.4, -0.2) is 19.2 Å². The van der Waals surface area contributed by atoms with Gasteiger partial charge in [0.2, 0.25) is 0 Å². The van der Waals surface area contributed by atoms with E-state index in [2.05, 4.69) is 16.6 Å². The molecule has 3 aromatic rings. The van der Waals surface area contributed by atoms with Gasteiger partial charge in [-0.25, -0.2) is 0 Å². The Hall–Kier alpha value is -2.22. The number of nitrogens with one attached hydrogen (secondary N) is 1. The zero-order valence-corrected chi connectivity index (χ0v) is 12.9. The van der Waals surface area contributed by atoms with Gasteiger partial charge < -0.3 is 0 Å². The molecule has 112 valence electrons. The summed E-state index contributed by atoms with van der Waals surface area (Å²) in [7, 11) is -4.16. The van der Waals surface area contributed by atoms with E-state index in [1.54, 1.807) is 17.6 Å². The van der Waals surface area contributed by atoms with E-state index in [4.69, 9.17) is 4.55 Å². The molecule has 0 saturated heterocycles. The largest absolute Gasteiger partial charge is 0.294 e. The van der Waals surface area contributed by atoms with Gasteiger partial charge in [-0.2, -0.15) is 13.5 Å². The molecule has 0 amide bonds. The second kappa shape index (κ2) is 5.88. The smallest absolute Gasteiger partial charge is 0.282 e. The van der Waals surface area contributed by atoms with Crippen LogP contribution in [-0.2, 0) is 10.1 Å². The van der Waals surface area contributed by atoms with Crippen molar-refractivity contribution < 1.29 is 13.0 Å². The van der Waals surface area contributed by atoms with Crippen LogP contribution in [0.2, 0.25) is 0 Å². The highest BCUT2D eigenvalue weighted by Gasteiger charge is 2.08. The van der Waals surface area contributed by atoms with Crippen LogP contribution in [0.25, 0.3) is 10.1 Å². The van der Waals surface area contributed by atoms with E-state index in [0.29, 0.717) is 5.69 Å². The van der Waals surface area contributed by atoms with Gasteiger partial charge in [-0.05, 0) is 30.3 Å². The van der Waals surface area contributed by atoms with Crippen LogP contribution in [0.15, 0.2) is 63.9 Å². The molecule has 2 N–H and O–H groups in total. The van der Waals surface area contributed by atoms with Crippen molar-refractivity contribution in [3.8, 4) is 0 Å². The summed E-state index contributed by atoms with van der Waals surface area (Å²) in [6, 6.07) is 13.8. The molecule has 7 heteroatoms. The summed E-state index contributed by atoms with van der Waals surface area (Å²) in [5.74, 6) is 0. The summed E-state index contributed by atoms with van der Waals surface area (Å²) >= 11 is 1.65. The molecule has 2 aromatic carbocycles. The van der Waals surface area contributed by atoms with Crippen molar-refractivity contribution in [3.63, 3.8) is 0 Å². The van der Waals surface area contributed by atoms with E-state index in [1.165, 1.54) is 29.0 Å². The Balaban J connectivity index is 1.75. The van der Waals surface area contributed by atoms with Crippen molar-refractivity contribution in [1.29, 1.82) is 0 Å². The van der Waals surface area contributed by atoms with Crippen molar-refractivity contribution in [2.24, 2.45) is 5.10 Å². The SMILES string of the molecule is O=S(=O)(O)c1ccc(N/N=C/c2csc3ccccc23)cc1. The second-order valence-corrected chi connectivity index (χ2v) is 6.89. The number of benzene rings is 2. The van der Waals surface area contributed by atoms with E-state index in [-0.39, 0.29) is 4.90 Å². The minimum atomic E-state index is -4.16. The monoisotopic (exact) mass is 332 g/mol. The van der Waals surface area contributed by atoms with Crippen molar-refractivity contribution in [2.45, 2.75) is 4.90 Å². The molecule has 5 nitrogen and oxygen atoms in total. The van der Waals surface area contributed by atoms with Crippen LogP contribution in [0.3, 0.4) is 0 Å². The molecular formula is C15H12N2O3S2. The van der Waals surface area contributed by atoms with Gasteiger partial charge in [0.15, 0.2) is 0 Å². The Morgan fingerprint density at radius 1 is 1.09 bits per heavy atom. The first kappa shape index (κ1) is 14.7. The highest BCUT2D eigenvalue weighted by molar-refractivity contribution is 7.85. The molecule has 0 aliphatic heterocycles. The van der Waals surface area contributed by atoms with Crippen molar-refractivity contribution >= 4 is 43.4 Å². The molecular weight excluding hydrogens is 320 g/mol. The zero-order valence-electron chi connectivity index (χ0n) is 11.3. The second-order valence-electron chi connectivity index (χ2n) is 4.56. The van der Waals surface area contributed by atoms with Gasteiger partial charge in [-0.1, -0.05) is 18.2 Å². The number of fused-ring (bicyclic) bond motifs is 1. The summed E-state index contributed by atoms with van der Waals surface area (Å²) in [4.78, 5) is -0.147. The predicted molar refractivity (Wildman–Crippen MR) is 89.3 cm³/mol. The minimum Gasteiger partial charge on any atom is -0.282 e. The highest BCUT2D eigenvalue weighted by atomic mass is 32.2. The maximum Gasteiger partial charge on any atom is 0.294 e.